The van der Waals surface area contributed by atoms with Gasteiger partial charge in [0, 0.05) is 28.8 Å². The Balaban J connectivity index is 1.60. The molecular formula is C26H17FN4O3S. The lowest BCUT2D eigenvalue weighted by atomic mass is 9.94. The summed E-state index contributed by atoms with van der Waals surface area (Å²) in [4.78, 5) is 5.09. The average molecular weight is 485 g/mol. The maximum Gasteiger partial charge on any atom is 0.181 e. The van der Waals surface area contributed by atoms with Gasteiger partial charge in [-0.3, -0.25) is 9.71 Å². The summed E-state index contributed by atoms with van der Waals surface area (Å²) in [5.41, 5.74) is 2.71. The van der Waals surface area contributed by atoms with Crippen LogP contribution in [0.5, 0.6) is 5.75 Å². The van der Waals surface area contributed by atoms with Crippen LogP contribution in [-0.2, 0) is 11.0 Å². The van der Waals surface area contributed by atoms with Crippen LogP contribution in [0.2, 0.25) is 0 Å². The van der Waals surface area contributed by atoms with Crippen LogP contribution < -0.4 is 9.46 Å². The second kappa shape index (κ2) is 9.37. The number of anilines is 1. The van der Waals surface area contributed by atoms with Gasteiger partial charge in [-0.15, -0.1) is 0 Å². The molecule has 0 saturated heterocycles. The maximum atomic E-state index is 13.8. The normalized spacial score (nSPS) is 11.7. The minimum Gasteiger partial charge on any atom is -0.496 e. The molecule has 1 unspecified atom stereocenters. The summed E-state index contributed by atoms with van der Waals surface area (Å²) >= 11 is 0. The van der Waals surface area contributed by atoms with E-state index in [9.17, 15) is 13.9 Å². The molecule has 0 aliphatic heterocycles. The van der Waals surface area contributed by atoms with E-state index in [1.54, 1.807) is 48.7 Å². The SMILES string of the molecule is COc1cc(-c2cccc(F)c2)c(C#N)cc1-c1nccc2cc(S(=O)Nc3ccon3)ccc12. The fourth-order valence-electron chi connectivity index (χ4n) is 3.83. The molecule has 5 rings (SSSR count). The first-order valence-electron chi connectivity index (χ1n) is 10.4. The van der Waals surface area contributed by atoms with Gasteiger partial charge in [0.25, 0.3) is 0 Å². The Morgan fingerprint density at radius 1 is 1.09 bits per heavy atom. The van der Waals surface area contributed by atoms with E-state index < -0.39 is 16.8 Å². The quantitative estimate of drug-likeness (QED) is 0.331. The predicted molar refractivity (Wildman–Crippen MR) is 130 cm³/mol. The highest BCUT2D eigenvalue weighted by Crippen LogP contribution is 2.39. The van der Waals surface area contributed by atoms with Gasteiger partial charge in [-0.25, -0.2) is 8.60 Å². The van der Waals surface area contributed by atoms with E-state index in [0.717, 1.165) is 10.8 Å². The second-order valence-electron chi connectivity index (χ2n) is 7.52. The summed E-state index contributed by atoms with van der Waals surface area (Å²) in [6.07, 6.45) is 3.03. The number of fused-ring (bicyclic) bond motifs is 1. The van der Waals surface area contributed by atoms with Gasteiger partial charge in [-0.05, 0) is 53.4 Å². The third-order valence-electron chi connectivity index (χ3n) is 5.44. The molecule has 0 spiro atoms. The Kier molecular flexibility index (Phi) is 5.95. The topological polar surface area (TPSA) is 101 Å². The number of aromatic nitrogens is 2. The van der Waals surface area contributed by atoms with Crippen LogP contribution in [0, 0.1) is 17.1 Å². The van der Waals surface area contributed by atoms with Gasteiger partial charge in [0.1, 0.15) is 17.8 Å². The average Bonchev–Trinajstić information content (AvgIpc) is 3.40. The molecule has 35 heavy (non-hydrogen) atoms. The first-order chi connectivity index (χ1) is 17.1. The molecule has 0 radical (unpaired) electrons. The molecular weight excluding hydrogens is 467 g/mol. The van der Waals surface area contributed by atoms with Crippen molar-refractivity contribution in [1.82, 2.24) is 10.1 Å². The molecule has 0 saturated carbocycles. The van der Waals surface area contributed by atoms with Crippen LogP contribution >= 0.6 is 0 Å². The van der Waals surface area contributed by atoms with Crippen LogP contribution in [0.15, 0.2) is 88.6 Å². The minimum absolute atomic E-state index is 0.361. The Bertz CT molecular complexity index is 1610. The summed E-state index contributed by atoms with van der Waals surface area (Å²) in [6.45, 7) is 0. The fraction of sp³-hybridized carbons (Fsp3) is 0.0385. The van der Waals surface area contributed by atoms with E-state index >= 15 is 0 Å². The van der Waals surface area contributed by atoms with Crippen molar-refractivity contribution in [2.24, 2.45) is 0 Å². The Morgan fingerprint density at radius 3 is 2.71 bits per heavy atom. The Hall–Kier alpha value is -4.55. The molecule has 1 N–H and O–H groups in total. The monoisotopic (exact) mass is 484 g/mol. The lowest BCUT2D eigenvalue weighted by Gasteiger charge is -2.14. The van der Waals surface area contributed by atoms with E-state index in [2.05, 4.69) is 20.9 Å². The number of pyridine rings is 1. The van der Waals surface area contributed by atoms with Crippen LogP contribution in [-0.4, -0.2) is 21.5 Å². The molecule has 2 heterocycles. The van der Waals surface area contributed by atoms with Crippen molar-refractivity contribution in [2.45, 2.75) is 4.90 Å². The van der Waals surface area contributed by atoms with Crippen LogP contribution in [0.25, 0.3) is 33.2 Å². The number of hydrogen-bond donors (Lipinski definition) is 1. The first-order valence-corrected chi connectivity index (χ1v) is 11.6. The Labute approximate surface area is 202 Å². The molecule has 0 aliphatic rings. The summed E-state index contributed by atoms with van der Waals surface area (Å²) < 4.78 is 39.7. The number of halogens is 1. The van der Waals surface area contributed by atoms with Gasteiger partial charge < -0.3 is 9.26 Å². The van der Waals surface area contributed by atoms with Crippen LogP contribution in [0.1, 0.15) is 5.56 Å². The number of hydrogen-bond acceptors (Lipinski definition) is 6. The molecule has 172 valence electrons. The lowest BCUT2D eigenvalue weighted by Crippen LogP contribution is -2.04. The number of nitrogens with zero attached hydrogens (tertiary/aromatic N) is 3. The molecule has 1 atom stereocenters. The zero-order valence-electron chi connectivity index (χ0n) is 18.4. The number of ether oxygens (including phenoxy) is 1. The zero-order valence-corrected chi connectivity index (χ0v) is 19.2. The van der Waals surface area contributed by atoms with Gasteiger partial charge in [0.05, 0.1) is 29.3 Å². The summed E-state index contributed by atoms with van der Waals surface area (Å²) in [5, 5.41) is 15.2. The predicted octanol–water partition coefficient (Wildman–Crippen LogP) is 5.71. The van der Waals surface area contributed by atoms with Gasteiger partial charge in [-0.2, -0.15) is 5.26 Å². The van der Waals surface area contributed by atoms with Gasteiger partial charge in [-0.1, -0.05) is 23.4 Å². The number of methoxy groups -OCH3 is 1. The summed E-state index contributed by atoms with van der Waals surface area (Å²) in [6, 6.07) is 20.4. The van der Waals surface area contributed by atoms with Gasteiger partial charge in [0.15, 0.2) is 16.8 Å². The molecule has 7 nitrogen and oxygen atoms in total. The highest BCUT2D eigenvalue weighted by atomic mass is 32.2. The van der Waals surface area contributed by atoms with E-state index in [1.807, 2.05) is 12.1 Å². The molecule has 0 aliphatic carbocycles. The van der Waals surface area contributed by atoms with Crippen molar-refractivity contribution in [3.8, 4) is 34.2 Å². The van der Waals surface area contributed by atoms with E-state index in [0.29, 0.717) is 44.4 Å². The third-order valence-corrected chi connectivity index (χ3v) is 6.51. The first kappa shape index (κ1) is 22.3. The highest BCUT2D eigenvalue weighted by molar-refractivity contribution is 7.86. The Morgan fingerprint density at radius 2 is 1.97 bits per heavy atom. The summed E-state index contributed by atoms with van der Waals surface area (Å²) in [7, 11) is -0.0186. The minimum atomic E-state index is -1.55. The van der Waals surface area contributed by atoms with Crippen molar-refractivity contribution in [2.75, 3.05) is 11.8 Å². The molecule has 0 bridgehead atoms. The maximum absolute atomic E-state index is 13.8. The van der Waals surface area contributed by atoms with E-state index in [1.165, 1.54) is 25.5 Å². The summed E-state index contributed by atoms with van der Waals surface area (Å²) in [5.74, 6) is 0.464. The molecule has 0 amide bonds. The van der Waals surface area contributed by atoms with Crippen LogP contribution in [0.3, 0.4) is 0 Å². The third kappa shape index (κ3) is 4.35. The number of benzene rings is 3. The number of rotatable bonds is 6. The van der Waals surface area contributed by atoms with Gasteiger partial charge >= 0.3 is 0 Å². The smallest absolute Gasteiger partial charge is 0.181 e. The molecule has 3 aromatic carbocycles. The van der Waals surface area contributed by atoms with Crippen molar-refractivity contribution >= 4 is 27.6 Å². The van der Waals surface area contributed by atoms with Crippen molar-refractivity contribution in [1.29, 1.82) is 5.26 Å². The van der Waals surface area contributed by atoms with Crippen molar-refractivity contribution in [3.05, 3.63) is 90.6 Å². The van der Waals surface area contributed by atoms with E-state index in [-0.39, 0.29) is 0 Å². The molecule has 5 aromatic rings. The number of nitriles is 1. The molecule has 0 fully saturated rings. The fourth-order valence-corrected chi connectivity index (χ4v) is 4.66. The van der Waals surface area contributed by atoms with E-state index in [4.69, 9.17) is 9.26 Å². The highest BCUT2D eigenvalue weighted by Gasteiger charge is 2.17. The lowest BCUT2D eigenvalue weighted by molar-refractivity contribution is 0.416. The van der Waals surface area contributed by atoms with Crippen molar-refractivity contribution < 1.29 is 17.9 Å². The van der Waals surface area contributed by atoms with Crippen molar-refractivity contribution in [3.63, 3.8) is 0 Å². The zero-order chi connectivity index (χ0) is 24.4. The standard InChI is InChI=1S/C26H17FN4O3S/c1-33-24-14-22(16-3-2-4-19(27)11-16)18(15-28)13-23(24)26-21-6-5-20(12-17(21)7-9-29-26)35(32)31-25-8-10-34-30-25/h2-14H,1H3,(H,30,31). The largest absolute Gasteiger partial charge is 0.496 e. The van der Waals surface area contributed by atoms with Crippen LogP contribution in [0.4, 0.5) is 10.2 Å². The van der Waals surface area contributed by atoms with Gasteiger partial charge in [0.2, 0.25) is 0 Å². The second-order valence-corrected chi connectivity index (χ2v) is 8.73. The molecule has 9 heteroatoms. The number of nitrogens with one attached hydrogen (secondary N) is 1. The molecule has 2 aromatic heterocycles.